The molecule has 0 aromatic heterocycles. The van der Waals surface area contributed by atoms with Gasteiger partial charge in [-0.15, -0.1) is 0 Å². The first kappa shape index (κ1) is 11.4. The van der Waals surface area contributed by atoms with E-state index in [0.29, 0.717) is 6.42 Å². The van der Waals surface area contributed by atoms with Crippen LogP contribution in [0, 0.1) is 33.8 Å². The molecule has 0 N–H and O–H groups in total. The van der Waals surface area contributed by atoms with Crippen LogP contribution >= 0.6 is 0 Å². The van der Waals surface area contributed by atoms with Gasteiger partial charge in [-0.05, 0) is 19.3 Å². The van der Waals surface area contributed by atoms with E-state index in [1.54, 1.807) is 6.92 Å². The minimum atomic E-state index is -4.00. The first-order chi connectivity index (χ1) is 7.96. The second-order valence-electron chi connectivity index (χ2n) is 4.87. The molecule has 0 amide bonds. The summed E-state index contributed by atoms with van der Waals surface area (Å²) in [5.41, 5.74) is 0. The van der Waals surface area contributed by atoms with Crippen molar-refractivity contribution >= 4 is 10.4 Å². The summed E-state index contributed by atoms with van der Waals surface area (Å²) in [5.74, 6) is 0.0971. The van der Waals surface area contributed by atoms with E-state index in [1.807, 2.05) is 0 Å². The maximum Gasteiger partial charge on any atom is 0.400 e. The van der Waals surface area contributed by atoms with Gasteiger partial charge in [-0.3, -0.25) is 10.1 Å². The van der Waals surface area contributed by atoms with Crippen LogP contribution in [0.15, 0.2) is 0 Å². The van der Waals surface area contributed by atoms with Gasteiger partial charge < -0.3 is 0 Å². The zero-order valence-corrected chi connectivity index (χ0v) is 10.00. The predicted molar refractivity (Wildman–Crippen MR) is 54.8 cm³/mol. The Bertz CT molecular complexity index is 462. The van der Waals surface area contributed by atoms with E-state index in [2.05, 4.69) is 4.18 Å². The van der Waals surface area contributed by atoms with Gasteiger partial charge in [0.05, 0.1) is 18.6 Å². The predicted octanol–water partition coefficient (Wildman–Crippen LogP) is 0.194. The third-order valence-corrected chi connectivity index (χ3v) is 5.19. The summed E-state index contributed by atoms with van der Waals surface area (Å²) in [6.07, 6.45) is 0.171. The van der Waals surface area contributed by atoms with Gasteiger partial charge in [0.1, 0.15) is 0 Å². The number of nitro groups is 1. The highest BCUT2D eigenvalue weighted by molar-refractivity contribution is 7.81. The van der Waals surface area contributed by atoms with E-state index >= 15 is 0 Å². The molecule has 6 atom stereocenters. The van der Waals surface area contributed by atoms with E-state index in [9.17, 15) is 18.5 Å². The minimum absolute atomic E-state index is 0.00983. The maximum atomic E-state index is 11.4. The quantitative estimate of drug-likeness (QED) is 0.519. The van der Waals surface area contributed by atoms with Gasteiger partial charge in [-0.2, -0.15) is 8.42 Å². The van der Waals surface area contributed by atoms with Gasteiger partial charge in [0.25, 0.3) is 0 Å². The van der Waals surface area contributed by atoms with Gasteiger partial charge in [-0.1, -0.05) is 0 Å². The summed E-state index contributed by atoms with van der Waals surface area (Å²) < 4.78 is 32.2. The molecule has 0 saturated heterocycles. The Kier molecular flexibility index (Phi) is 2.27. The van der Waals surface area contributed by atoms with E-state index in [0.717, 1.165) is 0 Å². The Morgan fingerprint density at radius 2 is 2.06 bits per heavy atom. The van der Waals surface area contributed by atoms with Gasteiger partial charge in [-0.25, -0.2) is 8.37 Å². The molecular weight excluding hydrogens is 250 g/mol. The number of rotatable bonds is 5. The van der Waals surface area contributed by atoms with Crippen LogP contribution in [0.25, 0.3) is 0 Å². The van der Waals surface area contributed by atoms with Crippen LogP contribution in [0.4, 0.5) is 0 Å². The fourth-order valence-electron chi connectivity index (χ4n) is 3.78. The SMILES string of the molecule is CCOS(=O)(=O)O[C@H]1C2C3[C@H]2C[C@H]1[C@@H]3[N+](=O)[O-]. The molecule has 4 bridgehead atoms. The molecule has 8 heteroatoms. The number of nitrogens with zero attached hydrogens (tertiary/aromatic N) is 1. The smallest absolute Gasteiger partial charge is 0.264 e. The lowest BCUT2D eigenvalue weighted by Gasteiger charge is -2.15. The van der Waals surface area contributed by atoms with Crippen molar-refractivity contribution in [3.63, 3.8) is 0 Å². The monoisotopic (exact) mass is 263 g/mol. The van der Waals surface area contributed by atoms with E-state index in [-0.39, 0.29) is 35.2 Å². The lowest BCUT2D eigenvalue weighted by molar-refractivity contribution is -0.531. The maximum absolute atomic E-state index is 11.4. The van der Waals surface area contributed by atoms with Crippen LogP contribution in [0.3, 0.4) is 0 Å². The molecule has 96 valence electrons. The van der Waals surface area contributed by atoms with Gasteiger partial charge >= 0.3 is 10.4 Å². The zero-order valence-electron chi connectivity index (χ0n) is 9.18. The van der Waals surface area contributed by atoms with Crippen molar-refractivity contribution in [2.24, 2.45) is 23.7 Å². The first-order valence-electron chi connectivity index (χ1n) is 5.67. The summed E-state index contributed by atoms with van der Waals surface area (Å²) in [5, 5.41) is 10.9. The van der Waals surface area contributed by atoms with E-state index in [4.69, 9.17) is 4.18 Å². The lowest BCUT2D eigenvalue weighted by atomic mass is 10.1. The highest BCUT2D eigenvalue weighted by Crippen LogP contribution is 2.72. The molecule has 4 rings (SSSR count). The molecular formula is C9H13NO6S. The molecule has 4 saturated carbocycles. The van der Waals surface area contributed by atoms with Crippen LogP contribution in [0.5, 0.6) is 0 Å². The van der Waals surface area contributed by atoms with Crippen LogP contribution in [-0.4, -0.2) is 32.1 Å². The second-order valence-corrected chi connectivity index (χ2v) is 6.11. The fraction of sp³-hybridized carbons (Fsp3) is 1.00. The van der Waals surface area contributed by atoms with Crippen molar-refractivity contribution in [1.29, 1.82) is 0 Å². The summed E-state index contributed by atoms with van der Waals surface area (Å²) >= 11 is 0. The largest absolute Gasteiger partial charge is 0.400 e. The molecule has 4 fully saturated rings. The molecule has 2 unspecified atom stereocenters. The van der Waals surface area contributed by atoms with Crippen LogP contribution in [-0.2, 0) is 18.8 Å². The summed E-state index contributed by atoms with van der Waals surface area (Å²) in [4.78, 5) is 10.6. The topological polar surface area (TPSA) is 95.7 Å². The van der Waals surface area contributed by atoms with Crippen LogP contribution in [0.2, 0.25) is 0 Å². The standard InChI is InChI=1S/C9H13NO6S/c1-2-15-17(13,14)16-9-5-3-4-6(7(4)9)8(5)10(11)12/h4-9H,2-3H2,1H3/t4-,5+,6?,7?,8+,9-/m1/s1. The molecule has 0 spiro atoms. The summed E-state index contributed by atoms with van der Waals surface area (Å²) in [6, 6.07) is -0.619. The molecule has 4 aliphatic rings. The van der Waals surface area contributed by atoms with Crippen LogP contribution in [0.1, 0.15) is 13.3 Å². The first-order valence-corrected chi connectivity index (χ1v) is 7.00. The zero-order chi connectivity index (χ0) is 12.4. The number of hydrogen-bond donors (Lipinski definition) is 0. The second kappa shape index (κ2) is 3.39. The molecule has 17 heavy (non-hydrogen) atoms. The van der Waals surface area contributed by atoms with Gasteiger partial charge in [0.15, 0.2) is 0 Å². The van der Waals surface area contributed by atoms with Crippen molar-refractivity contribution in [1.82, 2.24) is 0 Å². The molecule has 0 heterocycles. The minimum Gasteiger partial charge on any atom is -0.264 e. The normalized spacial score (nSPS) is 46.2. The highest BCUT2D eigenvalue weighted by Gasteiger charge is 2.79. The molecule has 0 aromatic carbocycles. The van der Waals surface area contributed by atoms with Crippen molar-refractivity contribution < 1.29 is 21.7 Å². The van der Waals surface area contributed by atoms with Gasteiger partial charge in [0.2, 0.25) is 6.04 Å². The summed E-state index contributed by atoms with van der Waals surface area (Å²) in [7, 11) is -4.00. The Labute approximate surface area is 98.6 Å². The lowest BCUT2D eigenvalue weighted by Crippen LogP contribution is -2.31. The van der Waals surface area contributed by atoms with Crippen LogP contribution < -0.4 is 0 Å². The molecule has 7 nitrogen and oxygen atoms in total. The number of hydrogen-bond acceptors (Lipinski definition) is 6. The average Bonchev–Trinajstić information content (AvgIpc) is 2.56. The van der Waals surface area contributed by atoms with Crippen molar-refractivity contribution in [2.45, 2.75) is 25.5 Å². The van der Waals surface area contributed by atoms with E-state index in [1.165, 1.54) is 0 Å². The summed E-state index contributed by atoms with van der Waals surface area (Å²) in [6.45, 7) is 1.56. The highest BCUT2D eigenvalue weighted by atomic mass is 32.3. The van der Waals surface area contributed by atoms with Gasteiger partial charge in [0, 0.05) is 16.8 Å². The molecule has 0 radical (unpaired) electrons. The van der Waals surface area contributed by atoms with E-state index < -0.39 is 22.5 Å². The molecule has 0 aromatic rings. The Balaban J connectivity index is 1.75. The fourth-order valence-corrected chi connectivity index (χ4v) is 4.67. The Morgan fingerprint density at radius 1 is 1.35 bits per heavy atom. The third kappa shape index (κ3) is 1.50. The molecule has 0 aliphatic heterocycles. The van der Waals surface area contributed by atoms with Crippen molar-refractivity contribution in [3.8, 4) is 0 Å². The van der Waals surface area contributed by atoms with Crippen molar-refractivity contribution in [2.75, 3.05) is 6.61 Å². The third-order valence-electron chi connectivity index (χ3n) is 4.21. The average molecular weight is 263 g/mol. The Morgan fingerprint density at radius 3 is 2.53 bits per heavy atom. The molecule has 4 aliphatic carbocycles. The van der Waals surface area contributed by atoms with Crippen molar-refractivity contribution in [3.05, 3.63) is 10.1 Å². The Hall–Kier alpha value is -0.730.